The quantitative estimate of drug-likeness (QED) is 0.356. The van der Waals surface area contributed by atoms with E-state index in [1.807, 2.05) is 34.9 Å². The minimum atomic E-state index is -0.476. The molecular weight excluding hydrogens is 391 g/mol. The highest BCUT2D eigenvalue weighted by molar-refractivity contribution is 6.18. The fraction of sp³-hybridized carbons (Fsp3) is 0.0769. The molecule has 3 heterocycles. The zero-order chi connectivity index (χ0) is 21.1. The molecule has 0 bridgehead atoms. The Morgan fingerprint density at radius 2 is 1.81 bits per heavy atom. The van der Waals surface area contributed by atoms with Crippen molar-refractivity contribution < 1.29 is 8.81 Å². The van der Waals surface area contributed by atoms with Gasteiger partial charge >= 0.3 is 5.63 Å². The fourth-order valence-electron chi connectivity index (χ4n) is 4.44. The molecular formula is C26H17FN2O2. The van der Waals surface area contributed by atoms with Crippen molar-refractivity contribution in [2.24, 2.45) is 0 Å². The first-order chi connectivity index (χ1) is 15.1. The highest BCUT2D eigenvalue weighted by Gasteiger charge is 2.20. The molecule has 0 aliphatic carbocycles. The van der Waals surface area contributed by atoms with Crippen molar-refractivity contribution >= 4 is 43.7 Å². The number of pyridine rings is 1. The Labute approximate surface area is 176 Å². The minimum Gasteiger partial charge on any atom is -0.402 e. The zero-order valence-corrected chi connectivity index (χ0v) is 16.7. The Hall–Kier alpha value is -3.99. The summed E-state index contributed by atoms with van der Waals surface area (Å²) in [6.45, 7) is 2.15. The molecule has 0 N–H and O–H groups in total. The summed E-state index contributed by atoms with van der Waals surface area (Å²) < 4.78 is 22.0. The lowest BCUT2D eigenvalue weighted by molar-refractivity contribution is 0.553. The Balaban J connectivity index is 1.71. The number of hydrogen-bond acceptors (Lipinski definition) is 3. The minimum absolute atomic E-state index is 0.284. The zero-order valence-electron chi connectivity index (χ0n) is 16.7. The molecule has 0 spiro atoms. The van der Waals surface area contributed by atoms with Crippen LogP contribution in [0.15, 0.2) is 82.1 Å². The van der Waals surface area contributed by atoms with E-state index in [1.165, 1.54) is 6.07 Å². The van der Waals surface area contributed by atoms with Crippen molar-refractivity contribution in [1.82, 2.24) is 9.55 Å². The average molecular weight is 408 g/mol. The highest BCUT2D eigenvalue weighted by Crippen LogP contribution is 2.34. The van der Waals surface area contributed by atoms with E-state index in [2.05, 4.69) is 29.2 Å². The Kier molecular flexibility index (Phi) is 3.74. The smallest absolute Gasteiger partial charge is 0.362 e. The van der Waals surface area contributed by atoms with Crippen molar-refractivity contribution in [2.45, 2.75) is 13.5 Å². The van der Waals surface area contributed by atoms with Crippen LogP contribution in [0.2, 0.25) is 0 Å². The maximum absolute atomic E-state index is 14.6. The number of hydrogen-bond donors (Lipinski definition) is 0. The van der Waals surface area contributed by atoms with Crippen molar-refractivity contribution in [3.05, 3.63) is 100 Å². The second kappa shape index (κ2) is 6.51. The molecule has 31 heavy (non-hydrogen) atoms. The van der Waals surface area contributed by atoms with Crippen LogP contribution in [0.1, 0.15) is 11.1 Å². The SMILES string of the molecule is Cc1cc2c3c4cccnc4oc(=O)c3n(Cc3ccc4ccccc4c3)c2cc1F. The fourth-order valence-corrected chi connectivity index (χ4v) is 4.44. The predicted molar refractivity (Wildman–Crippen MR) is 121 cm³/mol. The molecule has 150 valence electrons. The standard InChI is InChI=1S/C26H17FN2O2/c1-15-11-20-22(13-21(15)27)29(14-16-8-9-17-5-2-3-6-18(17)12-16)24-23(20)19-7-4-10-28-25(19)31-26(24)30/h2-13H,14H2,1H3. The largest absolute Gasteiger partial charge is 0.402 e. The van der Waals surface area contributed by atoms with Crippen molar-refractivity contribution in [1.29, 1.82) is 0 Å². The van der Waals surface area contributed by atoms with Gasteiger partial charge in [0.05, 0.1) is 5.52 Å². The van der Waals surface area contributed by atoms with Crippen LogP contribution >= 0.6 is 0 Å². The van der Waals surface area contributed by atoms with Gasteiger partial charge in [0.25, 0.3) is 0 Å². The number of nitrogens with zero attached hydrogens (tertiary/aromatic N) is 2. The number of aromatic nitrogens is 2. The van der Waals surface area contributed by atoms with Gasteiger partial charge in [0.1, 0.15) is 11.3 Å². The van der Waals surface area contributed by atoms with E-state index in [-0.39, 0.29) is 11.5 Å². The molecule has 3 aromatic heterocycles. The molecule has 3 aromatic carbocycles. The molecule has 0 saturated heterocycles. The predicted octanol–water partition coefficient (Wildman–Crippen LogP) is 5.94. The van der Waals surface area contributed by atoms with Gasteiger partial charge in [0, 0.05) is 28.9 Å². The molecule has 0 aliphatic rings. The van der Waals surface area contributed by atoms with Crippen LogP contribution in [0.25, 0.3) is 43.7 Å². The molecule has 4 nitrogen and oxygen atoms in total. The summed E-state index contributed by atoms with van der Waals surface area (Å²) in [6.07, 6.45) is 1.59. The maximum atomic E-state index is 14.6. The van der Waals surface area contributed by atoms with Crippen molar-refractivity contribution in [3.8, 4) is 0 Å². The van der Waals surface area contributed by atoms with Crippen LogP contribution in [0, 0.1) is 12.7 Å². The van der Waals surface area contributed by atoms with Gasteiger partial charge in [0.2, 0.25) is 5.71 Å². The molecule has 0 amide bonds. The van der Waals surface area contributed by atoms with E-state index in [9.17, 15) is 9.18 Å². The number of halogens is 1. The molecule has 0 radical (unpaired) electrons. The van der Waals surface area contributed by atoms with Crippen LogP contribution in [0.4, 0.5) is 4.39 Å². The average Bonchev–Trinajstić information content (AvgIpc) is 3.08. The first-order valence-electron chi connectivity index (χ1n) is 10.1. The summed E-state index contributed by atoms with van der Waals surface area (Å²) in [5.41, 5.74) is 2.44. The number of aryl methyl sites for hydroxylation is 1. The van der Waals surface area contributed by atoms with Gasteiger partial charge in [-0.25, -0.2) is 14.2 Å². The Morgan fingerprint density at radius 3 is 2.68 bits per heavy atom. The van der Waals surface area contributed by atoms with Gasteiger partial charge in [-0.15, -0.1) is 0 Å². The Morgan fingerprint density at radius 1 is 0.968 bits per heavy atom. The number of rotatable bonds is 2. The van der Waals surface area contributed by atoms with E-state index in [4.69, 9.17) is 4.42 Å². The van der Waals surface area contributed by atoms with Crippen LogP contribution in [0.3, 0.4) is 0 Å². The summed E-state index contributed by atoms with van der Waals surface area (Å²) >= 11 is 0. The second-order valence-corrected chi connectivity index (χ2v) is 7.86. The lowest BCUT2D eigenvalue weighted by atomic mass is 10.1. The molecule has 0 saturated carbocycles. The van der Waals surface area contributed by atoms with Crippen LogP contribution in [-0.4, -0.2) is 9.55 Å². The number of benzene rings is 3. The highest BCUT2D eigenvalue weighted by atomic mass is 19.1. The molecule has 0 atom stereocenters. The third-order valence-corrected chi connectivity index (χ3v) is 5.92. The van der Waals surface area contributed by atoms with E-state index >= 15 is 0 Å². The summed E-state index contributed by atoms with van der Waals surface area (Å²) in [4.78, 5) is 17.3. The van der Waals surface area contributed by atoms with Gasteiger partial charge in [-0.1, -0.05) is 36.4 Å². The first-order valence-corrected chi connectivity index (χ1v) is 10.1. The van der Waals surface area contributed by atoms with Crippen molar-refractivity contribution in [2.75, 3.05) is 0 Å². The van der Waals surface area contributed by atoms with Gasteiger partial charge < -0.3 is 8.98 Å². The van der Waals surface area contributed by atoms with E-state index in [0.717, 1.165) is 32.5 Å². The summed E-state index contributed by atoms with van der Waals surface area (Å²) in [6, 6.07) is 21.3. The van der Waals surface area contributed by atoms with Crippen LogP contribution < -0.4 is 5.63 Å². The first kappa shape index (κ1) is 17.8. The normalized spacial score (nSPS) is 11.8. The Bertz CT molecular complexity index is 1710. The second-order valence-electron chi connectivity index (χ2n) is 7.86. The molecule has 0 unspecified atom stereocenters. The van der Waals surface area contributed by atoms with Gasteiger partial charge in [-0.2, -0.15) is 0 Å². The molecule has 0 fully saturated rings. The molecule has 6 aromatic rings. The van der Waals surface area contributed by atoms with E-state index in [1.54, 1.807) is 19.2 Å². The topological polar surface area (TPSA) is 48.0 Å². The summed E-state index contributed by atoms with van der Waals surface area (Å²) in [5, 5.41) is 4.57. The van der Waals surface area contributed by atoms with Crippen LogP contribution in [0.5, 0.6) is 0 Å². The van der Waals surface area contributed by atoms with Gasteiger partial charge in [-0.05, 0) is 59.2 Å². The lowest BCUT2D eigenvalue weighted by Gasteiger charge is -2.09. The molecule has 6 rings (SSSR count). The number of fused-ring (bicyclic) bond motifs is 6. The third kappa shape index (κ3) is 2.66. The maximum Gasteiger partial charge on any atom is 0.362 e. The van der Waals surface area contributed by atoms with Gasteiger partial charge in [0.15, 0.2) is 0 Å². The van der Waals surface area contributed by atoms with Crippen molar-refractivity contribution in [3.63, 3.8) is 0 Å². The summed E-state index contributed by atoms with van der Waals surface area (Å²) in [7, 11) is 0. The molecule has 5 heteroatoms. The van der Waals surface area contributed by atoms with Crippen LogP contribution in [-0.2, 0) is 6.54 Å². The summed E-state index contributed by atoms with van der Waals surface area (Å²) in [5.74, 6) is -0.304. The lowest BCUT2D eigenvalue weighted by Crippen LogP contribution is -2.08. The third-order valence-electron chi connectivity index (χ3n) is 5.92. The van der Waals surface area contributed by atoms with Gasteiger partial charge in [-0.3, -0.25) is 0 Å². The van der Waals surface area contributed by atoms with E-state index in [0.29, 0.717) is 23.1 Å². The van der Waals surface area contributed by atoms with E-state index < -0.39 is 5.63 Å². The monoisotopic (exact) mass is 408 g/mol. The molecule has 0 aliphatic heterocycles.